The standard InChI is InChI=1S/C44H50N4O11S/c1-20-12-23-13-25-26(16-45)48-27-17-55-41(50)44(24-15-28(52-7)29(14-22(24)10-11-46-44)58-42(51)59-43(3,4)5)18-60-40(34(48)33(47(25)6)30(23)35(49)36(20)53-8)32-31(27)39-38(56-19-57-39)21(2)37(32)54-9/h12,14-15,25-27,33-34,40,46,49H,10-11,13,17-19H2,1-9H3/t25-,26-,27-,33+,34?,40+,44+/m0/s1. The number of benzene rings is 3. The van der Waals surface area contributed by atoms with Crippen molar-refractivity contribution in [3.8, 4) is 46.3 Å². The first-order valence-corrected chi connectivity index (χ1v) is 21.2. The van der Waals surface area contributed by atoms with Crippen molar-refractivity contribution in [2.75, 3.05) is 54.1 Å². The van der Waals surface area contributed by atoms with Crippen LogP contribution in [0.25, 0.3) is 0 Å². The number of ether oxygens (including phenoxy) is 8. The van der Waals surface area contributed by atoms with Crippen molar-refractivity contribution < 1.29 is 52.6 Å². The summed E-state index contributed by atoms with van der Waals surface area (Å²) in [5, 5.41) is 26.4. The van der Waals surface area contributed by atoms with Gasteiger partial charge in [0, 0.05) is 46.6 Å². The molecule has 2 fully saturated rings. The van der Waals surface area contributed by atoms with Gasteiger partial charge in [0.1, 0.15) is 24.0 Å². The number of likely N-dealkylation sites (N-methyl/N-ethyl adjacent to an activating group) is 1. The lowest BCUT2D eigenvalue weighted by Crippen LogP contribution is -2.69. The Labute approximate surface area is 353 Å². The maximum atomic E-state index is 15.0. The van der Waals surface area contributed by atoms with Gasteiger partial charge in [-0.3, -0.25) is 15.1 Å². The number of rotatable bonds is 4. The van der Waals surface area contributed by atoms with Gasteiger partial charge < -0.3 is 43.0 Å². The fourth-order valence-electron chi connectivity index (χ4n) is 10.6. The first kappa shape index (κ1) is 40.3. The molecular weight excluding hydrogens is 793 g/mol. The molecule has 2 N–H and O–H groups in total. The summed E-state index contributed by atoms with van der Waals surface area (Å²) >= 11 is 1.55. The van der Waals surface area contributed by atoms with E-state index in [2.05, 4.69) is 27.3 Å². The van der Waals surface area contributed by atoms with Crippen molar-refractivity contribution in [1.29, 1.82) is 5.26 Å². The molecule has 1 unspecified atom stereocenters. The molecule has 318 valence electrons. The van der Waals surface area contributed by atoms with Crippen molar-refractivity contribution in [2.45, 2.75) is 94.1 Å². The van der Waals surface area contributed by atoms with Crippen LogP contribution in [0, 0.1) is 25.2 Å². The highest BCUT2D eigenvalue weighted by Crippen LogP contribution is 2.64. The van der Waals surface area contributed by atoms with E-state index in [4.69, 9.17) is 37.9 Å². The molecule has 3 aromatic carbocycles. The number of thioether (sulfide) groups is 1. The van der Waals surface area contributed by atoms with E-state index < -0.39 is 52.7 Å². The van der Waals surface area contributed by atoms with Crippen LogP contribution in [0.4, 0.5) is 4.79 Å². The first-order chi connectivity index (χ1) is 28.7. The summed E-state index contributed by atoms with van der Waals surface area (Å²) in [6, 6.07) is 5.76. The van der Waals surface area contributed by atoms with Gasteiger partial charge in [-0.1, -0.05) is 6.07 Å². The topological polar surface area (TPSA) is 171 Å². The number of aromatic hydroxyl groups is 1. The number of aryl methyl sites for hydroxylation is 1. The number of piperazine rings is 1. The maximum Gasteiger partial charge on any atom is 0.514 e. The van der Waals surface area contributed by atoms with Gasteiger partial charge >= 0.3 is 12.1 Å². The van der Waals surface area contributed by atoms with Crippen LogP contribution in [0.1, 0.15) is 82.6 Å². The van der Waals surface area contributed by atoms with E-state index in [1.165, 1.54) is 7.11 Å². The molecule has 16 heteroatoms. The van der Waals surface area contributed by atoms with Gasteiger partial charge in [0.05, 0.1) is 44.7 Å². The molecule has 0 radical (unpaired) electrons. The highest BCUT2D eigenvalue weighted by molar-refractivity contribution is 7.99. The molecular formula is C44H50N4O11S. The summed E-state index contributed by atoms with van der Waals surface area (Å²) in [4.78, 5) is 32.3. The number of phenols is 1. The molecule has 10 rings (SSSR count). The molecule has 4 bridgehead atoms. The second-order valence-corrected chi connectivity index (χ2v) is 18.4. The number of hydrogen-bond donors (Lipinski definition) is 2. The Morgan fingerprint density at radius 1 is 1.00 bits per heavy atom. The molecule has 7 aliphatic rings. The highest BCUT2D eigenvalue weighted by atomic mass is 32.2. The Kier molecular flexibility index (Phi) is 9.77. The average molecular weight is 843 g/mol. The average Bonchev–Trinajstić information content (AvgIpc) is 3.69. The van der Waals surface area contributed by atoms with Crippen molar-refractivity contribution in [3.05, 3.63) is 62.7 Å². The second kappa shape index (κ2) is 14.5. The first-order valence-electron chi connectivity index (χ1n) is 20.1. The zero-order chi connectivity index (χ0) is 42.6. The Bertz CT molecular complexity index is 2360. The largest absolute Gasteiger partial charge is 0.514 e. The molecule has 0 aromatic heterocycles. The lowest BCUT2D eigenvalue weighted by molar-refractivity contribution is -0.157. The van der Waals surface area contributed by atoms with Gasteiger partial charge in [0.25, 0.3) is 0 Å². The molecule has 1 spiro atoms. The van der Waals surface area contributed by atoms with E-state index in [0.29, 0.717) is 47.9 Å². The minimum absolute atomic E-state index is 0.00483. The number of nitrogens with one attached hydrogen (secondary N) is 1. The predicted octanol–water partition coefficient (Wildman–Crippen LogP) is 5.68. The third kappa shape index (κ3) is 5.87. The lowest BCUT2D eigenvalue weighted by atomic mass is 9.71. The number of fused-ring (bicyclic) bond motifs is 9. The molecule has 0 aliphatic carbocycles. The smallest absolute Gasteiger partial charge is 0.504 e. The maximum absolute atomic E-state index is 15.0. The van der Waals surface area contributed by atoms with Crippen LogP contribution in [0.3, 0.4) is 0 Å². The van der Waals surface area contributed by atoms with Gasteiger partial charge in [-0.05, 0) is 88.9 Å². The van der Waals surface area contributed by atoms with Crippen LogP contribution >= 0.6 is 11.8 Å². The fourth-order valence-corrected chi connectivity index (χ4v) is 12.3. The number of hydrogen-bond acceptors (Lipinski definition) is 16. The number of phenolic OH excluding ortho intramolecular Hbond substituents is 1. The summed E-state index contributed by atoms with van der Waals surface area (Å²) in [5.74, 6) is 2.32. The molecule has 3 aromatic rings. The Morgan fingerprint density at radius 3 is 2.45 bits per heavy atom. The van der Waals surface area contributed by atoms with E-state index in [0.717, 1.165) is 38.9 Å². The molecule has 15 nitrogen and oxygen atoms in total. The molecule has 7 atom stereocenters. The number of carbonyl (C=O) groups is 2. The fraction of sp³-hybridized carbons (Fsp3) is 0.523. The normalized spacial score (nSPS) is 27.7. The summed E-state index contributed by atoms with van der Waals surface area (Å²) in [6.07, 6.45) is 0.168. The SMILES string of the molecule is COc1cc2c(cc1OC(=O)OC(C)(C)C)CCN[C@]21CS[C@@H]2c3c(OC)c(C)c4c(c3[C@H](COC1=O)N1C2[C@H]2c3c(cc(C)c(OC)c3O)C[C@@H]([C@@H]1C#N)N2C)OCO4. The van der Waals surface area contributed by atoms with Crippen molar-refractivity contribution in [1.82, 2.24) is 15.1 Å². The molecule has 60 heavy (non-hydrogen) atoms. The molecule has 0 saturated carbocycles. The van der Waals surface area contributed by atoms with Gasteiger partial charge in [-0.2, -0.15) is 5.26 Å². The predicted molar refractivity (Wildman–Crippen MR) is 218 cm³/mol. The zero-order valence-electron chi connectivity index (χ0n) is 35.2. The van der Waals surface area contributed by atoms with Crippen molar-refractivity contribution in [2.24, 2.45) is 0 Å². The zero-order valence-corrected chi connectivity index (χ0v) is 36.0. The van der Waals surface area contributed by atoms with Crippen LogP contribution in [0.5, 0.6) is 40.2 Å². The minimum Gasteiger partial charge on any atom is -0.504 e. The Morgan fingerprint density at radius 2 is 1.75 bits per heavy atom. The van der Waals surface area contributed by atoms with Gasteiger partial charge in [-0.15, -0.1) is 11.8 Å². The molecule has 2 saturated heterocycles. The van der Waals surface area contributed by atoms with E-state index >= 15 is 0 Å². The number of nitrogens with zero attached hydrogens (tertiary/aromatic N) is 3. The third-order valence-electron chi connectivity index (χ3n) is 13.0. The lowest BCUT2D eigenvalue weighted by Gasteiger charge is -2.62. The van der Waals surface area contributed by atoms with Crippen LogP contribution < -0.4 is 33.7 Å². The quantitative estimate of drug-likeness (QED) is 0.243. The van der Waals surface area contributed by atoms with Crippen LogP contribution in [-0.4, -0.2) is 105 Å². The van der Waals surface area contributed by atoms with E-state index in [9.17, 15) is 20.0 Å². The third-order valence-corrected chi connectivity index (χ3v) is 14.4. The van der Waals surface area contributed by atoms with Crippen LogP contribution in [-0.2, 0) is 32.6 Å². The number of methoxy groups -OCH3 is 3. The van der Waals surface area contributed by atoms with E-state index in [-0.39, 0.29) is 42.4 Å². The van der Waals surface area contributed by atoms with Crippen molar-refractivity contribution >= 4 is 23.9 Å². The van der Waals surface area contributed by atoms with Gasteiger partial charge in [0.2, 0.25) is 6.79 Å². The summed E-state index contributed by atoms with van der Waals surface area (Å²) in [7, 11) is 6.69. The summed E-state index contributed by atoms with van der Waals surface area (Å²) < 4.78 is 47.9. The number of esters is 1. The molecule has 7 aliphatic heterocycles. The monoisotopic (exact) mass is 842 g/mol. The second-order valence-electron chi connectivity index (χ2n) is 17.2. The van der Waals surface area contributed by atoms with E-state index in [1.807, 2.05) is 20.9 Å². The number of nitriles is 1. The Hall–Kier alpha value is -5.08. The van der Waals surface area contributed by atoms with Gasteiger partial charge in [0.15, 0.2) is 40.0 Å². The van der Waals surface area contributed by atoms with Crippen LogP contribution in [0.2, 0.25) is 0 Å². The number of carbonyl (C=O) groups excluding carboxylic acids is 2. The van der Waals surface area contributed by atoms with Crippen molar-refractivity contribution in [3.63, 3.8) is 0 Å². The molecule has 0 amide bonds. The Balaban J connectivity index is 1.25. The van der Waals surface area contributed by atoms with Gasteiger partial charge in [-0.25, -0.2) is 9.59 Å². The minimum atomic E-state index is -1.37. The summed E-state index contributed by atoms with van der Waals surface area (Å²) in [6.45, 7) is 9.42. The summed E-state index contributed by atoms with van der Waals surface area (Å²) in [5.41, 5.74) is 4.20. The highest BCUT2D eigenvalue weighted by Gasteiger charge is 2.61. The van der Waals surface area contributed by atoms with E-state index in [1.54, 1.807) is 58.9 Å². The molecule has 7 heterocycles. The van der Waals surface area contributed by atoms with Crippen LogP contribution in [0.15, 0.2) is 18.2 Å².